The zero-order valence-electron chi connectivity index (χ0n) is 25.0. The van der Waals surface area contributed by atoms with Crippen molar-refractivity contribution >= 4 is 17.5 Å². The molecule has 0 aromatic heterocycles. The minimum absolute atomic E-state index is 0.00308. The molecular formula is C34H46O6. The van der Waals surface area contributed by atoms with Gasteiger partial charge in [0.15, 0.2) is 5.78 Å². The first-order valence-electron chi connectivity index (χ1n) is 14.7. The van der Waals surface area contributed by atoms with Gasteiger partial charge in [0.1, 0.15) is 22.8 Å². The predicted octanol–water partition coefficient (Wildman–Crippen LogP) is 7.67. The smallest absolute Gasteiger partial charge is 0.310 e. The largest absolute Gasteiger partial charge is 0.493 e. The highest BCUT2D eigenvalue weighted by Gasteiger charge is 2.47. The summed E-state index contributed by atoms with van der Waals surface area (Å²) < 4.78 is 11.7. The second-order valence-corrected chi connectivity index (χ2v) is 12.2. The van der Waals surface area contributed by atoms with Gasteiger partial charge in [-0.15, -0.1) is 0 Å². The minimum atomic E-state index is -0.944. The summed E-state index contributed by atoms with van der Waals surface area (Å²) in [6.45, 7) is 12.5. The van der Waals surface area contributed by atoms with Crippen LogP contribution in [0.3, 0.4) is 0 Å². The Balaban J connectivity index is 1.96. The molecule has 0 heterocycles. The highest BCUT2D eigenvalue weighted by atomic mass is 16.5. The summed E-state index contributed by atoms with van der Waals surface area (Å²) >= 11 is 0. The lowest BCUT2D eigenvalue weighted by molar-refractivity contribution is -0.158. The molecule has 0 radical (unpaired) electrons. The third-order valence-electron chi connectivity index (χ3n) is 8.52. The fraction of sp³-hybridized carbons (Fsp3) is 0.559. The molecule has 6 heteroatoms. The van der Waals surface area contributed by atoms with Crippen LogP contribution in [0, 0.1) is 16.7 Å². The Kier molecular flexibility index (Phi) is 10.6. The monoisotopic (exact) mass is 550 g/mol. The number of Topliss-reactive ketones (excluding diaryl/α,β-unsaturated/α-hetero) is 2. The van der Waals surface area contributed by atoms with Crippen LogP contribution < -0.4 is 9.47 Å². The lowest BCUT2D eigenvalue weighted by atomic mass is 9.63. The molecule has 0 amide bonds. The number of hydrogen-bond donors (Lipinski definition) is 1. The van der Waals surface area contributed by atoms with Crippen LogP contribution in [0.4, 0.5) is 0 Å². The molecule has 0 aliphatic heterocycles. The maximum atomic E-state index is 14.0. The van der Waals surface area contributed by atoms with Crippen LogP contribution in [0.15, 0.2) is 42.5 Å². The van der Waals surface area contributed by atoms with Gasteiger partial charge >= 0.3 is 5.97 Å². The van der Waals surface area contributed by atoms with E-state index < -0.39 is 11.4 Å². The van der Waals surface area contributed by atoms with Gasteiger partial charge < -0.3 is 14.6 Å². The molecule has 3 rings (SSSR count). The van der Waals surface area contributed by atoms with Crippen molar-refractivity contribution in [2.24, 2.45) is 16.7 Å². The number of carbonyl (C=O) groups is 3. The zero-order chi connectivity index (χ0) is 29.5. The van der Waals surface area contributed by atoms with Crippen LogP contribution in [0.1, 0.15) is 107 Å². The number of carbonyl (C=O) groups excluding carboxylic acids is 2. The Morgan fingerprint density at radius 3 is 2.02 bits per heavy atom. The number of rotatable bonds is 16. The van der Waals surface area contributed by atoms with E-state index in [2.05, 4.69) is 26.0 Å². The van der Waals surface area contributed by atoms with Gasteiger partial charge in [-0.1, -0.05) is 57.5 Å². The Morgan fingerprint density at radius 1 is 1.00 bits per heavy atom. The maximum absolute atomic E-state index is 14.0. The Labute approximate surface area is 239 Å². The molecule has 1 fully saturated rings. The standard InChI is InChI=1S/C34H46O6/c1-7-39-29-19-26(20-30(40-8-2)31(29)24(4)35)23(3)27(28(36)22-34(32(37)38)16-12-17-34)15-18-33(5,6)21-25-13-10-9-11-14-25/h9-11,13-14,19-20,23,27H,7-8,12,15-18,21-22H2,1-6H3,(H,37,38)/t23-,27?/m1/s1. The van der Waals surface area contributed by atoms with Gasteiger partial charge in [-0.05, 0) is 87.5 Å². The third-order valence-corrected chi connectivity index (χ3v) is 8.52. The van der Waals surface area contributed by atoms with Crippen LogP contribution >= 0.6 is 0 Å². The molecule has 1 unspecified atom stereocenters. The van der Waals surface area contributed by atoms with Gasteiger partial charge in [0.25, 0.3) is 0 Å². The third kappa shape index (κ3) is 7.52. The number of benzene rings is 2. The van der Waals surface area contributed by atoms with E-state index in [1.54, 1.807) is 0 Å². The quantitative estimate of drug-likeness (QED) is 0.216. The fourth-order valence-electron chi connectivity index (χ4n) is 6.00. The summed E-state index contributed by atoms with van der Waals surface area (Å²) in [5.41, 5.74) is 1.52. The van der Waals surface area contributed by atoms with Crippen molar-refractivity contribution in [2.75, 3.05) is 13.2 Å². The predicted molar refractivity (Wildman–Crippen MR) is 157 cm³/mol. The van der Waals surface area contributed by atoms with Crippen molar-refractivity contribution in [3.63, 3.8) is 0 Å². The summed E-state index contributed by atoms with van der Waals surface area (Å²) in [6, 6.07) is 14.1. The van der Waals surface area contributed by atoms with E-state index in [4.69, 9.17) is 9.47 Å². The molecule has 2 aromatic carbocycles. The fourth-order valence-corrected chi connectivity index (χ4v) is 6.00. The molecule has 0 bridgehead atoms. The molecule has 218 valence electrons. The van der Waals surface area contributed by atoms with Gasteiger partial charge in [0, 0.05) is 12.3 Å². The van der Waals surface area contributed by atoms with E-state index in [1.165, 1.54) is 12.5 Å². The van der Waals surface area contributed by atoms with Crippen molar-refractivity contribution in [1.82, 2.24) is 0 Å². The number of aliphatic carboxylic acids is 1. The normalized spacial score (nSPS) is 15.9. The Hall–Kier alpha value is -3.15. The average molecular weight is 551 g/mol. The van der Waals surface area contributed by atoms with Gasteiger partial charge in [0.2, 0.25) is 0 Å². The molecule has 40 heavy (non-hydrogen) atoms. The molecule has 2 aromatic rings. The first kappa shape index (κ1) is 31.4. The van der Waals surface area contributed by atoms with Gasteiger partial charge in [-0.25, -0.2) is 0 Å². The van der Waals surface area contributed by atoms with Gasteiger partial charge in [-0.2, -0.15) is 0 Å². The van der Waals surface area contributed by atoms with Crippen molar-refractivity contribution < 1.29 is 29.0 Å². The van der Waals surface area contributed by atoms with Gasteiger partial charge in [0.05, 0.1) is 18.6 Å². The van der Waals surface area contributed by atoms with Crippen LogP contribution in [0.25, 0.3) is 0 Å². The van der Waals surface area contributed by atoms with Crippen LogP contribution in [0.2, 0.25) is 0 Å². The Bertz CT molecular complexity index is 1150. The Morgan fingerprint density at radius 2 is 1.57 bits per heavy atom. The number of ether oxygens (including phenoxy) is 2. The van der Waals surface area contributed by atoms with E-state index in [0.717, 1.165) is 24.8 Å². The lowest BCUT2D eigenvalue weighted by Crippen LogP contribution is -2.41. The molecule has 2 atom stereocenters. The SMILES string of the molecule is CCOc1cc([C@@H](C)C(CCC(C)(C)Cc2ccccc2)C(=O)CC2(C(=O)O)CCC2)cc(OCC)c1C(C)=O. The maximum Gasteiger partial charge on any atom is 0.310 e. The number of ketones is 2. The van der Waals surface area contributed by atoms with E-state index >= 15 is 0 Å². The average Bonchev–Trinajstić information content (AvgIpc) is 2.86. The number of carboxylic acid groups (broad SMARTS) is 1. The molecule has 6 nitrogen and oxygen atoms in total. The molecule has 1 aliphatic rings. The van der Waals surface area contributed by atoms with Crippen LogP contribution in [0.5, 0.6) is 11.5 Å². The summed E-state index contributed by atoms with van der Waals surface area (Å²) in [5.74, 6) is -0.694. The lowest BCUT2D eigenvalue weighted by Gasteiger charge is -2.39. The van der Waals surface area contributed by atoms with E-state index in [1.807, 2.05) is 51.1 Å². The van der Waals surface area contributed by atoms with Gasteiger partial charge in [-0.3, -0.25) is 14.4 Å². The van der Waals surface area contributed by atoms with Crippen molar-refractivity contribution in [1.29, 1.82) is 0 Å². The summed E-state index contributed by atoms with van der Waals surface area (Å²) in [6.07, 6.45) is 4.32. The highest BCUT2D eigenvalue weighted by Crippen LogP contribution is 2.47. The van der Waals surface area contributed by atoms with E-state index in [9.17, 15) is 19.5 Å². The minimum Gasteiger partial charge on any atom is -0.493 e. The number of hydrogen-bond acceptors (Lipinski definition) is 5. The molecule has 1 aliphatic carbocycles. The summed E-state index contributed by atoms with van der Waals surface area (Å²) in [5, 5.41) is 9.95. The van der Waals surface area contributed by atoms with Crippen molar-refractivity contribution in [3.05, 3.63) is 59.2 Å². The summed E-state index contributed by atoms with van der Waals surface area (Å²) in [4.78, 5) is 38.6. The summed E-state index contributed by atoms with van der Waals surface area (Å²) in [7, 11) is 0. The first-order chi connectivity index (χ1) is 18.9. The van der Waals surface area contributed by atoms with E-state index in [-0.39, 0.29) is 35.2 Å². The van der Waals surface area contributed by atoms with Crippen LogP contribution in [-0.4, -0.2) is 35.9 Å². The topological polar surface area (TPSA) is 89.9 Å². The second-order valence-electron chi connectivity index (χ2n) is 12.2. The van der Waals surface area contributed by atoms with Crippen molar-refractivity contribution in [2.45, 2.75) is 92.4 Å². The van der Waals surface area contributed by atoms with E-state index in [0.29, 0.717) is 49.5 Å². The molecule has 1 N–H and O–H groups in total. The molecule has 0 spiro atoms. The number of carboxylic acids is 1. The van der Waals surface area contributed by atoms with Crippen molar-refractivity contribution in [3.8, 4) is 11.5 Å². The van der Waals surface area contributed by atoms with Crippen LogP contribution in [-0.2, 0) is 16.0 Å². The molecule has 0 saturated heterocycles. The highest BCUT2D eigenvalue weighted by molar-refractivity contribution is 6.00. The molecule has 1 saturated carbocycles. The second kappa shape index (κ2) is 13.5. The molecular weight excluding hydrogens is 504 g/mol. The zero-order valence-corrected chi connectivity index (χ0v) is 25.0. The first-order valence-corrected chi connectivity index (χ1v) is 14.7.